The van der Waals surface area contributed by atoms with Crippen molar-refractivity contribution >= 4 is 0 Å². The lowest BCUT2D eigenvalue weighted by Crippen LogP contribution is -2.48. The highest BCUT2D eigenvalue weighted by atomic mass is 15.2. The lowest BCUT2D eigenvalue weighted by atomic mass is 9.75. The van der Waals surface area contributed by atoms with Gasteiger partial charge in [0.15, 0.2) is 0 Å². The van der Waals surface area contributed by atoms with Crippen molar-refractivity contribution in [2.45, 2.75) is 78.7 Å². The molecule has 1 atom stereocenters. The molecule has 1 heterocycles. The summed E-state index contributed by atoms with van der Waals surface area (Å²) in [6.07, 6.45) is 8.93. The van der Waals surface area contributed by atoms with Gasteiger partial charge in [0.05, 0.1) is 0 Å². The van der Waals surface area contributed by atoms with E-state index in [0.717, 1.165) is 17.3 Å². The van der Waals surface area contributed by atoms with Crippen molar-refractivity contribution < 1.29 is 0 Å². The smallest absolute Gasteiger partial charge is 0.0125 e. The normalized spacial score (nSPS) is 29.3. The van der Waals surface area contributed by atoms with Crippen LogP contribution in [0.4, 0.5) is 0 Å². The topological polar surface area (TPSA) is 3.24 Å². The number of piperidine rings is 1. The van der Waals surface area contributed by atoms with E-state index in [0.29, 0.717) is 5.54 Å². The molecule has 0 aromatic carbocycles. The Bertz CT molecular complexity index is 266. The van der Waals surface area contributed by atoms with E-state index in [9.17, 15) is 0 Å². The van der Waals surface area contributed by atoms with Crippen LogP contribution in [0, 0.1) is 17.3 Å². The first-order chi connectivity index (χ1) is 8.31. The van der Waals surface area contributed by atoms with Gasteiger partial charge in [-0.05, 0) is 89.6 Å². The molecule has 0 aromatic heterocycles. The highest BCUT2D eigenvalue weighted by Crippen LogP contribution is 2.50. The third-order valence-corrected chi connectivity index (χ3v) is 5.38. The van der Waals surface area contributed by atoms with Crippen molar-refractivity contribution in [3.05, 3.63) is 0 Å². The molecule has 106 valence electrons. The van der Waals surface area contributed by atoms with Gasteiger partial charge in [-0.2, -0.15) is 0 Å². The largest absolute Gasteiger partial charge is 0.298 e. The van der Waals surface area contributed by atoms with Gasteiger partial charge in [0.1, 0.15) is 0 Å². The molecule has 1 unspecified atom stereocenters. The molecule has 2 rings (SSSR count). The Morgan fingerprint density at radius 2 is 1.72 bits per heavy atom. The second-order valence-electron chi connectivity index (χ2n) is 8.40. The van der Waals surface area contributed by atoms with Crippen LogP contribution in [0.2, 0.25) is 0 Å². The SMILES string of the molecule is CC(C)CC1CCC2(CCN(C(C)(C)C)CC2)C1. The van der Waals surface area contributed by atoms with Crippen LogP contribution in [0.25, 0.3) is 0 Å². The maximum Gasteiger partial charge on any atom is 0.0125 e. The Morgan fingerprint density at radius 1 is 1.11 bits per heavy atom. The van der Waals surface area contributed by atoms with Crippen LogP contribution >= 0.6 is 0 Å². The Hall–Kier alpha value is -0.0400. The van der Waals surface area contributed by atoms with Crippen LogP contribution in [0.1, 0.15) is 73.1 Å². The minimum absolute atomic E-state index is 0.373. The van der Waals surface area contributed by atoms with Gasteiger partial charge in [-0.1, -0.05) is 13.8 Å². The average molecular weight is 251 g/mol. The zero-order valence-electron chi connectivity index (χ0n) is 13.3. The van der Waals surface area contributed by atoms with E-state index in [-0.39, 0.29) is 0 Å². The van der Waals surface area contributed by atoms with E-state index in [1.54, 1.807) is 0 Å². The Balaban J connectivity index is 1.86. The average Bonchev–Trinajstić information content (AvgIpc) is 2.60. The molecule has 0 amide bonds. The predicted octanol–water partition coefficient (Wildman–Crippen LogP) is 4.71. The third-order valence-electron chi connectivity index (χ3n) is 5.38. The molecule has 0 N–H and O–H groups in total. The molecule has 2 aliphatic rings. The van der Waals surface area contributed by atoms with Crippen molar-refractivity contribution in [1.82, 2.24) is 4.90 Å². The molecule has 1 aliphatic heterocycles. The summed E-state index contributed by atoms with van der Waals surface area (Å²) in [6, 6.07) is 0. The van der Waals surface area contributed by atoms with Gasteiger partial charge >= 0.3 is 0 Å². The molecule has 0 aromatic rings. The van der Waals surface area contributed by atoms with Crippen molar-refractivity contribution in [2.75, 3.05) is 13.1 Å². The van der Waals surface area contributed by atoms with Gasteiger partial charge in [-0.25, -0.2) is 0 Å². The van der Waals surface area contributed by atoms with Gasteiger partial charge < -0.3 is 0 Å². The van der Waals surface area contributed by atoms with Crippen LogP contribution in [0.3, 0.4) is 0 Å². The fraction of sp³-hybridized carbons (Fsp3) is 1.00. The molecule has 1 heteroatoms. The van der Waals surface area contributed by atoms with E-state index in [4.69, 9.17) is 0 Å². The van der Waals surface area contributed by atoms with Gasteiger partial charge in [0, 0.05) is 5.54 Å². The number of rotatable bonds is 2. The van der Waals surface area contributed by atoms with Crippen LogP contribution in [0.15, 0.2) is 0 Å². The zero-order valence-corrected chi connectivity index (χ0v) is 13.3. The Kier molecular flexibility index (Phi) is 4.11. The number of hydrogen-bond donors (Lipinski definition) is 0. The van der Waals surface area contributed by atoms with Crippen LogP contribution in [-0.2, 0) is 0 Å². The minimum Gasteiger partial charge on any atom is -0.298 e. The van der Waals surface area contributed by atoms with E-state index >= 15 is 0 Å². The first-order valence-electron chi connectivity index (χ1n) is 8.06. The Morgan fingerprint density at radius 3 is 2.22 bits per heavy atom. The van der Waals surface area contributed by atoms with Gasteiger partial charge in [0.2, 0.25) is 0 Å². The summed E-state index contributed by atoms with van der Waals surface area (Å²) < 4.78 is 0. The third kappa shape index (κ3) is 3.29. The van der Waals surface area contributed by atoms with E-state index in [2.05, 4.69) is 39.5 Å². The Labute approximate surface area is 114 Å². The molecule has 0 bridgehead atoms. The molecule has 1 nitrogen and oxygen atoms in total. The maximum absolute atomic E-state index is 2.69. The van der Waals surface area contributed by atoms with Crippen molar-refractivity contribution in [3.63, 3.8) is 0 Å². The quantitative estimate of drug-likeness (QED) is 0.687. The summed E-state index contributed by atoms with van der Waals surface area (Å²) in [5.74, 6) is 1.92. The number of hydrogen-bond acceptors (Lipinski definition) is 1. The van der Waals surface area contributed by atoms with Gasteiger partial charge in [0.25, 0.3) is 0 Å². The first kappa shape index (κ1) is 14.4. The highest BCUT2D eigenvalue weighted by Gasteiger charge is 2.42. The maximum atomic E-state index is 2.69. The second kappa shape index (κ2) is 5.15. The molecule has 2 fully saturated rings. The summed E-state index contributed by atoms with van der Waals surface area (Å²) >= 11 is 0. The summed E-state index contributed by atoms with van der Waals surface area (Å²) in [5.41, 5.74) is 1.11. The summed E-state index contributed by atoms with van der Waals surface area (Å²) in [7, 11) is 0. The fourth-order valence-electron chi connectivity index (χ4n) is 4.30. The van der Waals surface area contributed by atoms with Crippen LogP contribution in [-0.4, -0.2) is 23.5 Å². The van der Waals surface area contributed by atoms with Crippen LogP contribution in [0.5, 0.6) is 0 Å². The molecule has 1 aliphatic carbocycles. The second-order valence-corrected chi connectivity index (χ2v) is 8.40. The van der Waals surface area contributed by atoms with Crippen molar-refractivity contribution in [2.24, 2.45) is 17.3 Å². The number of likely N-dealkylation sites (tertiary alicyclic amines) is 1. The lowest BCUT2D eigenvalue weighted by molar-refractivity contribution is 0.0431. The van der Waals surface area contributed by atoms with E-state index in [1.165, 1.54) is 51.6 Å². The summed E-state index contributed by atoms with van der Waals surface area (Å²) in [5, 5.41) is 0. The monoisotopic (exact) mass is 251 g/mol. The lowest BCUT2D eigenvalue weighted by Gasteiger charge is -2.45. The zero-order chi connectivity index (χ0) is 13.4. The molecule has 1 saturated carbocycles. The molecular formula is C17H33N. The van der Waals surface area contributed by atoms with Crippen molar-refractivity contribution in [3.8, 4) is 0 Å². The standard InChI is InChI=1S/C17H33N/c1-14(2)12-15-6-7-17(13-15)8-10-18(11-9-17)16(3,4)5/h14-15H,6-13H2,1-5H3. The van der Waals surface area contributed by atoms with Gasteiger partial charge in [-0.3, -0.25) is 4.90 Å². The fourth-order valence-corrected chi connectivity index (χ4v) is 4.30. The summed E-state index contributed by atoms with van der Waals surface area (Å²) in [6.45, 7) is 14.5. The van der Waals surface area contributed by atoms with Gasteiger partial charge in [-0.15, -0.1) is 0 Å². The molecule has 1 spiro atoms. The molecule has 18 heavy (non-hydrogen) atoms. The predicted molar refractivity (Wildman–Crippen MR) is 79.8 cm³/mol. The highest BCUT2D eigenvalue weighted by molar-refractivity contribution is 4.95. The van der Waals surface area contributed by atoms with E-state index < -0.39 is 0 Å². The van der Waals surface area contributed by atoms with Crippen molar-refractivity contribution in [1.29, 1.82) is 0 Å². The first-order valence-corrected chi connectivity index (χ1v) is 8.06. The molecule has 1 saturated heterocycles. The number of nitrogens with zero attached hydrogens (tertiary/aromatic N) is 1. The van der Waals surface area contributed by atoms with E-state index in [1.807, 2.05) is 0 Å². The molecular weight excluding hydrogens is 218 g/mol. The molecule has 0 radical (unpaired) electrons. The minimum atomic E-state index is 0.373. The van der Waals surface area contributed by atoms with Crippen LogP contribution < -0.4 is 0 Å². The summed E-state index contributed by atoms with van der Waals surface area (Å²) in [4.78, 5) is 2.69.